The number of hydrogen-bond donors (Lipinski definition) is 2. The molecule has 2 saturated heterocycles. The Balaban J connectivity index is 1.08. The first-order chi connectivity index (χ1) is 21.4. The molecule has 0 bridgehead atoms. The molecular formula is C33H43ClN6O5. The van der Waals surface area contributed by atoms with E-state index in [1.807, 2.05) is 0 Å². The number of halogens is 1. The zero-order valence-electron chi connectivity index (χ0n) is 26.5. The molecule has 5 rings (SSSR count). The molecule has 3 fully saturated rings. The number of nitrogens with one attached hydrogen (secondary N) is 1. The lowest BCUT2D eigenvalue weighted by Crippen LogP contribution is -2.74. The van der Waals surface area contributed by atoms with E-state index in [1.165, 1.54) is 0 Å². The summed E-state index contributed by atoms with van der Waals surface area (Å²) in [6.45, 7) is 11.6. The Morgan fingerprint density at radius 3 is 2.31 bits per heavy atom. The van der Waals surface area contributed by atoms with E-state index in [0.717, 1.165) is 25.9 Å². The first kappa shape index (κ1) is 32.9. The average Bonchev–Trinajstić information content (AvgIpc) is 3.03. The van der Waals surface area contributed by atoms with E-state index >= 15 is 0 Å². The molecule has 242 valence electrons. The van der Waals surface area contributed by atoms with Crippen LogP contribution < -0.4 is 15.0 Å². The summed E-state index contributed by atoms with van der Waals surface area (Å²) < 4.78 is 12.1. The lowest BCUT2D eigenvalue weighted by Gasteiger charge is -2.63. The third-order valence-electron chi connectivity index (χ3n) is 9.62. The van der Waals surface area contributed by atoms with Gasteiger partial charge in [-0.25, -0.2) is 9.97 Å². The number of benzene rings is 1. The second-order valence-electron chi connectivity index (χ2n) is 13.6. The summed E-state index contributed by atoms with van der Waals surface area (Å²) in [4.78, 5) is 38.5. The van der Waals surface area contributed by atoms with Crippen LogP contribution in [-0.2, 0) is 9.53 Å². The quantitative estimate of drug-likeness (QED) is 0.419. The molecule has 1 aliphatic carbocycles. The molecule has 1 saturated carbocycles. The van der Waals surface area contributed by atoms with Gasteiger partial charge in [0.05, 0.1) is 28.9 Å². The summed E-state index contributed by atoms with van der Waals surface area (Å²) in [6, 6.07) is 6.93. The van der Waals surface area contributed by atoms with Gasteiger partial charge in [0.15, 0.2) is 0 Å². The minimum Gasteiger partial charge on any atom is -0.489 e. The van der Waals surface area contributed by atoms with Crippen molar-refractivity contribution in [1.29, 1.82) is 5.26 Å². The van der Waals surface area contributed by atoms with Crippen molar-refractivity contribution in [3.05, 3.63) is 46.7 Å². The number of rotatable bonds is 9. The molecule has 3 aliphatic rings. The van der Waals surface area contributed by atoms with Gasteiger partial charge in [0.2, 0.25) is 11.9 Å². The van der Waals surface area contributed by atoms with Gasteiger partial charge in [0.25, 0.3) is 5.91 Å². The third-order valence-corrected chi connectivity index (χ3v) is 9.94. The third kappa shape index (κ3) is 7.19. The van der Waals surface area contributed by atoms with Gasteiger partial charge in [-0.15, -0.1) is 0 Å². The number of amides is 2. The van der Waals surface area contributed by atoms with Gasteiger partial charge in [-0.3, -0.25) is 9.59 Å². The van der Waals surface area contributed by atoms with Crippen LogP contribution in [0.2, 0.25) is 5.02 Å². The van der Waals surface area contributed by atoms with Crippen LogP contribution in [0.15, 0.2) is 30.6 Å². The van der Waals surface area contributed by atoms with Gasteiger partial charge in [0, 0.05) is 61.5 Å². The number of nitriles is 1. The van der Waals surface area contributed by atoms with Crippen molar-refractivity contribution in [2.45, 2.75) is 71.6 Å². The van der Waals surface area contributed by atoms with Gasteiger partial charge in [-0.1, -0.05) is 39.3 Å². The van der Waals surface area contributed by atoms with Crippen LogP contribution in [0.25, 0.3) is 0 Å². The fourth-order valence-corrected chi connectivity index (χ4v) is 7.44. The topological polar surface area (TPSA) is 141 Å². The Morgan fingerprint density at radius 2 is 1.71 bits per heavy atom. The number of aliphatic hydroxyl groups excluding tert-OH is 1. The molecule has 11 nitrogen and oxygen atoms in total. The second-order valence-corrected chi connectivity index (χ2v) is 14.0. The molecular weight excluding hydrogens is 596 g/mol. The maximum atomic E-state index is 13.3. The average molecular weight is 639 g/mol. The van der Waals surface area contributed by atoms with E-state index in [9.17, 15) is 14.7 Å². The lowest BCUT2D eigenvalue weighted by atomic mass is 9.49. The van der Waals surface area contributed by atoms with Crippen molar-refractivity contribution < 1.29 is 24.2 Å². The molecule has 2 amide bonds. The van der Waals surface area contributed by atoms with Crippen molar-refractivity contribution in [2.24, 2.45) is 16.7 Å². The lowest BCUT2D eigenvalue weighted by molar-refractivity contribution is -0.164. The monoisotopic (exact) mass is 638 g/mol. The molecule has 45 heavy (non-hydrogen) atoms. The highest BCUT2D eigenvalue weighted by Gasteiger charge is 2.64. The van der Waals surface area contributed by atoms with Crippen LogP contribution in [0.3, 0.4) is 0 Å². The van der Waals surface area contributed by atoms with E-state index < -0.39 is 0 Å². The standard InChI is InChI=1S/C33H43ClN6O5/c1-32(2)29(33(3,4)30(32)45-25-6-5-22(16-35)26(34)15-25)38-28(43)23-17-36-31(37-18-23)40-11-7-21(8-12-40)19-44-20-27(42)39-13-9-24(41)10-14-39/h5-6,15,17-18,21,24,29-30,41H,7-14,19-20H2,1-4H3,(H,38,43). The van der Waals surface area contributed by atoms with E-state index in [1.54, 1.807) is 35.5 Å². The normalized spacial score (nSPS) is 23.1. The summed E-state index contributed by atoms with van der Waals surface area (Å²) in [5.41, 5.74) is 0.0345. The minimum absolute atomic E-state index is 0.0112. The molecule has 2 aliphatic heterocycles. The molecule has 0 atom stereocenters. The summed E-state index contributed by atoms with van der Waals surface area (Å²) in [6.07, 6.45) is 5.70. The summed E-state index contributed by atoms with van der Waals surface area (Å²) >= 11 is 6.21. The number of aromatic nitrogens is 2. The molecule has 0 spiro atoms. The van der Waals surface area contributed by atoms with Crippen LogP contribution in [0.4, 0.5) is 5.95 Å². The van der Waals surface area contributed by atoms with Crippen molar-refractivity contribution in [1.82, 2.24) is 20.2 Å². The van der Waals surface area contributed by atoms with Crippen molar-refractivity contribution in [3.8, 4) is 11.8 Å². The number of nitrogens with zero attached hydrogens (tertiary/aromatic N) is 5. The maximum absolute atomic E-state index is 13.3. The van der Waals surface area contributed by atoms with Crippen LogP contribution >= 0.6 is 11.6 Å². The molecule has 1 aromatic carbocycles. The number of anilines is 1. The Hall–Kier alpha value is -3.46. The molecule has 2 N–H and O–H groups in total. The van der Waals surface area contributed by atoms with Crippen LogP contribution in [-0.4, -0.2) is 89.4 Å². The number of aliphatic hydroxyl groups is 1. The van der Waals surface area contributed by atoms with E-state index in [0.29, 0.717) is 66.3 Å². The zero-order valence-corrected chi connectivity index (χ0v) is 27.2. The number of ether oxygens (including phenoxy) is 2. The maximum Gasteiger partial charge on any atom is 0.254 e. The fraction of sp³-hybridized carbons (Fsp3) is 0.606. The van der Waals surface area contributed by atoms with Gasteiger partial charge in [0.1, 0.15) is 24.5 Å². The molecule has 3 heterocycles. The fourth-order valence-electron chi connectivity index (χ4n) is 7.23. The SMILES string of the molecule is CC1(C)C(NC(=O)c2cnc(N3CCC(COCC(=O)N4CCC(O)CC4)CC3)nc2)C(C)(C)C1Oc1ccc(C#N)c(Cl)c1. The Morgan fingerprint density at radius 1 is 1.07 bits per heavy atom. The number of carbonyl (C=O) groups is 2. The highest BCUT2D eigenvalue weighted by Crippen LogP contribution is 2.55. The summed E-state index contributed by atoms with van der Waals surface area (Å²) in [5.74, 6) is 1.28. The molecule has 2 aromatic rings. The summed E-state index contributed by atoms with van der Waals surface area (Å²) in [5, 5.41) is 22.3. The van der Waals surface area contributed by atoms with Crippen molar-refractivity contribution in [3.63, 3.8) is 0 Å². The zero-order chi connectivity index (χ0) is 32.4. The largest absolute Gasteiger partial charge is 0.489 e. The number of piperidine rings is 2. The van der Waals surface area contributed by atoms with Gasteiger partial charge < -0.3 is 29.7 Å². The Labute approximate surface area is 269 Å². The number of hydrogen-bond acceptors (Lipinski definition) is 9. The molecule has 12 heteroatoms. The van der Waals surface area contributed by atoms with E-state index in [-0.39, 0.29) is 47.5 Å². The highest BCUT2D eigenvalue weighted by molar-refractivity contribution is 6.31. The van der Waals surface area contributed by atoms with Gasteiger partial charge >= 0.3 is 0 Å². The predicted octanol–water partition coefficient (Wildman–Crippen LogP) is 3.83. The minimum atomic E-state index is -0.376. The molecule has 1 aromatic heterocycles. The number of carbonyl (C=O) groups excluding carboxylic acids is 2. The van der Waals surface area contributed by atoms with E-state index in [4.69, 9.17) is 26.3 Å². The van der Waals surface area contributed by atoms with E-state index in [2.05, 4.69) is 53.9 Å². The Bertz CT molecular complexity index is 1400. The first-order valence-electron chi connectivity index (χ1n) is 15.7. The van der Waals surface area contributed by atoms with Gasteiger partial charge in [-0.05, 0) is 43.7 Å². The second kappa shape index (κ2) is 13.5. The van der Waals surface area contributed by atoms with Crippen molar-refractivity contribution >= 4 is 29.4 Å². The number of likely N-dealkylation sites (tertiary alicyclic amines) is 1. The van der Waals surface area contributed by atoms with Crippen LogP contribution in [0, 0.1) is 28.1 Å². The highest BCUT2D eigenvalue weighted by atomic mass is 35.5. The van der Waals surface area contributed by atoms with Crippen LogP contribution in [0.1, 0.15) is 69.3 Å². The smallest absolute Gasteiger partial charge is 0.254 e. The van der Waals surface area contributed by atoms with Crippen LogP contribution in [0.5, 0.6) is 5.75 Å². The summed E-state index contributed by atoms with van der Waals surface area (Å²) in [7, 11) is 0. The predicted molar refractivity (Wildman–Crippen MR) is 169 cm³/mol. The van der Waals surface area contributed by atoms with Gasteiger partial charge in [-0.2, -0.15) is 5.26 Å². The molecule has 0 radical (unpaired) electrons. The first-order valence-corrected chi connectivity index (χ1v) is 16.1. The van der Waals surface area contributed by atoms with Crippen molar-refractivity contribution in [2.75, 3.05) is 44.3 Å². The Kier molecular flexibility index (Phi) is 9.87. The molecule has 0 unspecified atom stereocenters.